The van der Waals surface area contributed by atoms with Crippen LogP contribution in [0.3, 0.4) is 0 Å². The largest absolute Gasteiger partial charge is 0.551 e. The molecule has 0 fully saturated rings. The van der Waals surface area contributed by atoms with Crippen LogP contribution in [0.4, 0.5) is 0 Å². The molecule has 0 aliphatic carbocycles. The monoisotopic (exact) mass is 303 g/mol. The summed E-state index contributed by atoms with van der Waals surface area (Å²) in [5, 5.41) is 0. The van der Waals surface area contributed by atoms with Crippen molar-refractivity contribution in [2.24, 2.45) is 0 Å². The molecule has 4 rings (SSSR count). The number of ether oxygens (including phenoxy) is 6. The molecule has 0 amide bonds. The van der Waals surface area contributed by atoms with Crippen molar-refractivity contribution in [2.45, 2.75) is 0 Å². The Kier molecular flexibility index (Phi) is 3.27. The summed E-state index contributed by atoms with van der Waals surface area (Å²) in [5.41, 5.74) is 0. The molecule has 2 aromatic carbocycles. The molecule has 2 aliphatic heterocycles. The van der Waals surface area contributed by atoms with Gasteiger partial charge in [-0.2, -0.15) is 0 Å². The molecule has 0 unspecified atom stereocenters. The maximum absolute atomic E-state index is 5.64. The highest BCUT2D eigenvalue weighted by Gasteiger charge is 2.18. The lowest BCUT2D eigenvalue weighted by Crippen LogP contribution is -2.08. The second-order valence-corrected chi connectivity index (χ2v) is 4.77. The summed E-state index contributed by atoms with van der Waals surface area (Å²) in [7, 11) is 0. The van der Waals surface area contributed by atoms with Gasteiger partial charge in [0.15, 0.2) is 11.5 Å². The quantitative estimate of drug-likeness (QED) is 0.627. The third kappa shape index (κ3) is 2.55. The predicted octanol–water partition coefficient (Wildman–Crippen LogP) is 2.46. The Labute approximate surface area is 127 Å². The summed E-state index contributed by atoms with van der Waals surface area (Å²) in [6.45, 7) is 1.51. The van der Waals surface area contributed by atoms with Crippen LogP contribution in [0.25, 0.3) is 0 Å². The molecule has 6 nitrogen and oxygen atoms in total. The first-order chi connectivity index (χ1) is 10.9. The zero-order chi connectivity index (χ0) is 14.8. The zero-order valence-electron chi connectivity index (χ0n) is 11.8. The van der Waals surface area contributed by atoms with E-state index in [0.29, 0.717) is 25.8 Å². The van der Waals surface area contributed by atoms with Crippen LogP contribution < -0.4 is 23.7 Å². The minimum absolute atomic E-state index is 0.259. The molecule has 0 bridgehead atoms. The average molecular weight is 303 g/mol. The minimum Gasteiger partial charge on any atom is -0.551 e. The van der Waals surface area contributed by atoms with E-state index < -0.39 is 0 Å². The van der Waals surface area contributed by atoms with E-state index in [0.717, 1.165) is 28.7 Å². The van der Waals surface area contributed by atoms with Crippen molar-refractivity contribution < 1.29 is 28.4 Å². The van der Waals surface area contributed by atoms with Crippen LogP contribution in [0.5, 0.6) is 34.5 Å². The van der Waals surface area contributed by atoms with Gasteiger partial charge in [-0.1, -0.05) is 0 Å². The summed E-state index contributed by atoms with van der Waals surface area (Å²) in [6, 6.07) is 11.1. The molecule has 0 radical (unpaired) electrons. The Morgan fingerprint density at radius 1 is 0.818 bits per heavy atom. The van der Waals surface area contributed by atoms with Gasteiger partial charge < -0.3 is 28.4 Å². The number of fused-ring (bicyclic) bond motifs is 2. The summed E-state index contributed by atoms with van der Waals surface area (Å²) in [4.78, 5) is 0. The number of aliphatic hydroxyl groups is 1. The fourth-order valence-electron chi connectivity index (χ4n) is 2.29. The van der Waals surface area contributed by atoms with Gasteiger partial charge in [-0.3, -0.25) is 0 Å². The zero-order valence-corrected chi connectivity index (χ0v) is 11.8. The third-order valence-corrected chi connectivity index (χ3v) is 3.35. The van der Waals surface area contributed by atoms with Gasteiger partial charge in [0, 0.05) is 18.2 Å². The number of hydrogen-bond acceptors (Lipinski definition) is 5. The summed E-state index contributed by atoms with van der Waals surface area (Å²) in [6.07, 6.45) is 0. The maximum Gasteiger partial charge on any atom is 0.327 e. The van der Waals surface area contributed by atoms with Gasteiger partial charge in [0.2, 0.25) is 12.5 Å². The molecule has 1 N–H and O–H groups in total. The molecule has 0 atom stereocenters. The van der Waals surface area contributed by atoms with Crippen molar-refractivity contribution >= 4 is 0 Å². The standard InChI is InChI=1S/C16H14O6/c1-3-13-15(21-9-19-13)7-11(1)17-5-6-18-12-2-4-14-16(8-12)22-10-20-14/h1-4,7-8H,5-6,9-10H2/p+1. The van der Waals surface area contributed by atoms with Crippen molar-refractivity contribution in [3.05, 3.63) is 36.4 Å². The minimum atomic E-state index is 0.259. The first-order valence-corrected chi connectivity index (χ1v) is 6.98. The maximum atomic E-state index is 5.64. The van der Waals surface area contributed by atoms with Crippen molar-refractivity contribution in [2.75, 3.05) is 26.8 Å². The second kappa shape index (κ2) is 5.55. The van der Waals surface area contributed by atoms with E-state index in [-0.39, 0.29) is 6.79 Å². The highest BCUT2D eigenvalue weighted by Crippen LogP contribution is 2.36. The number of rotatable bonds is 5. The Bertz CT molecular complexity index is 625. The molecule has 0 aromatic heterocycles. The SMILES string of the molecule is c1cc2c(cc1OCCOc1ccc3c(c1)OC[OH+]3)OCO2. The molecule has 114 valence electrons. The lowest BCUT2D eigenvalue weighted by Gasteiger charge is -2.09. The van der Waals surface area contributed by atoms with Crippen LogP contribution in [-0.2, 0) is 0 Å². The molecular weight excluding hydrogens is 288 g/mol. The van der Waals surface area contributed by atoms with Gasteiger partial charge in [-0.15, -0.1) is 0 Å². The van der Waals surface area contributed by atoms with Gasteiger partial charge in [-0.05, 0) is 18.2 Å². The normalized spacial score (nSPS) is 14.0. The highest BCUT2D eigenvalue weighted by molar-refractivity contribution is 5.47. The molecule has 2 heterocycles. The molecule has 2 aromatic rings. The van der Waals surface area contributed by atoms with E-state index in [1.807, 2.05) is 36.4 Å². The van der Waals surface area contributed by atoms with Crippen molar-refractivity contribution in [1.82, 2.24) is 0 Å². The molecule has 0 saturated carbocycles. The van der Waals surface area contributed by atoms with E-state index in [1.54, 1.807) is 0 Å². The fraction of sp³-hybridized carbons (Fsp3) is 0.250. The van der Waals surface area contributed by atoms with Crippen LogP contribution in [0, 0.1) is 0 Å². The average Bonchev–Trinajstić information content (AvgIpc) is 3.19. The van der Waals surface area contributed by atoms with Gasteiger partial charge in [0.25, 0.3) is 0 Å². The summed E-state index contributed by atoms with van der Waals surface area (Å²) in [5.74, 6) is 4.54. The molecule has 6 heteroatoms. The predicted molar refractivity (Wildman–Crippen MR) is 77.2 cm³/mol. The van der Waals surface area contributed by atoms with Crippen LogP contribution in [-0.4, -0.2) is 31.5 Å². The Hall–Kier alpha value is -2.76. The molecular formula is C16H15O6+. The summed E-state index contributed by atoms with van der Waals surface area (Å²) < 4.78 is 31.4. The van der Waals surface area contributed by atoms with Gasteiger partial charge in [0.1, 0.15) is 24.7 Å². The lowest BCUT2D eigenvalue weighted by molar-refractivity contribution is 0.00264. The third-order valence-electron chi connectivity index (χ3n) is 3.35. The van der Waals surface area contributed by atoms with Gasteiger partial charge >= 0.3 is 12.5 Å². The van der Waals surface area contributed by atoms with E-state index in [1.165, 1.54) is 0 Å². The Morgan fingerprint density at radius 2 is 1.55 bits per heavy atom. The van der Waals surface area contributed by atoms with Gasteiger partial charge in [-0.25, -0.2) is 0 Å². The molecule has 2 aliphatic rings. The molecule has 0 saturated heterocycles. The number of hydrogen-bond donors (Lipinski definition) is 0. The Morgan fingerprint density at radius 3 is 2.41 bits per heavy atom. The first kappa shape index (κ1) is 12.9. The molecule has 22 heavy (non-hydrogen) atoms. The van der Waals surface area contributed by atoms with Crippen molar-refractivity contribution in [3.8, 4) is 34.5 Å². The Balaban J connectivity index is 1.29. The van der Waals surface area contributed by atoms with E-state index in [9.17, 15) is 0 Å². The number of benzene rings is 2. The van der Waals surface area contributed by atoms with Crippen LogP contribution in [0.1, 0.15) is 0 Å². The topological polar surface area (TPSA) is 59.0 Å². The molecule has 0 spiro atoms. The van der Waals surface area contributed by atoms with E-state index in [2.05, 4.69) is 4.74 Å². The smallest absolute Gasteiger partial charge is 0.327 e. The van der Waals surface area contributed by atoms with E-state index in [4.69, 9.17) is 23.7 Å². The lowest BCUT2D eigenvalue weighted by atomic mass is 10.3. The second-order valence-electron chi connectivity index (χ2n) is 4.77. The van der Waals surface area contributed by atoms with Crippen LogP contribution in [0.15, 0.2) is 36.4 Å². The summed E-state index contributed by atoms with van der Waals surface area (Å²) >= 11 is 0. The van der Waals surface area contributed by atoms with E-state index >= 15 is 0 Å². The highest BCUT2D eigenvalue weighted by atomic mass is 16.7. The van der Waals surface area contributed by atoms with Crippen LogP contribution >= 0.6 is 0 Å². The fourth-order valence-corrected chi connectivity index (χ4v) is 2.29. The van der Waals surface area contributed by atoms with Crippen molar-refractivity contribution in [1.29, 1.82) is 0 Å². The van der Waals surface area contributed by atoms with Crippen LogP contribution in [0.2, 0.25) is 0 Å². The van der Waals surface area contributed by atoms with Gasteiger partial charge in [0.05, 0.1) is 0 Å². The number of aromatic hydroxyl groups is 1. The first-order valence-electron chi connectivity index (χ1n) is 6.98. The van der Waals surface area contributed by atoms with Crippen molar-refractivity contribution in [3.63, 3.8) is 0 Å².